The molecule has 0 aliphatic rings. The van der Waals surface area contributed by atoms with E-state index in [1.165, 1.54) is 37.4 Å². The van der Waals surface area contributed by atoms with Crippen LogP contribution in [0.2, 0.25) is 5.02 Å². The molecule has 0 aliphatic heterocycles. The van der Waals surface area contributed by atoms with Crippen molar-refractivity contribution in [3.05, 3.63) is 53.3 Å². The molecule has 0 saturated heterocycles. The van der Waals surface area contributed by atoms with Crippen molar-refractivity contribution in [3.8, 4) is 5.75 Å². The smallest absolute Gasteiger partial charge is 0.261 e. The van der Waals surface area contributed by atoms with Crippen molar-refractivity contribution in [2.75, 3.05) is 25.0 Å². The molecule has 10 heteroatoms. The fourth-order valence-electron chi connectivity index (χ4n) is 2.25. The largest absolute Gasteiger partial charge is 0.482 e. The Balaban J connectivity index is 2.02. The number of amides is 1. The Hall–Kier alpha value is -2.36. The lowest BCUT2D eigenvalue weighted by Crippen LogP contribution is -2.38. The number of halogens is 2. The maximum absolute atomic E-state index is 12.9. The Morgan fingerprint density at radius 2 is 1.89 bits per heavy atom. The summed E-state index contributed by atoms with van der Waals surface area (Å²) in [5.74, 6) is -0.680. The van der Waals surface area contributed by atoms with Gasteiger partial charge in [0, 0.05) is 18.8 Å². The lowest BCUT2D eigenvalue weighted by molar-refractivity contribution is -0.124. The van der Waals surface area contributed by atoms with Crippen LogP contribution >= 0.6 is 11.6 Å². The Labute approximate surface area is 167 Å². The second-order valence-corrected chi connectivity index (χ2v) is 8.01. The van der Waals surface area contributed by atoms with Crippen molar-refractivity contribution in [2.24, 2.45) is 0 Å². The topological polar surface area (TPSA) is 93.7 Å². The maximum atomic E-state index is 12.9. The molecule has 0 unspecified atom stereocenters. The first-order valence-corrected chi connectivity index (χ1v) is 10.1. The number of rotatable bonds is 9. The third-order valence-corrected chi connectivity index (χ3v) is 5.17. The van der Waals surface area contributed by atoms with Crippen LogP contribution in [-0.4, -0.2) is 40.7 Å². The monoisotopic (exact) mass is 430 g/mol. The van der Waals surface area contributed by atoms with Gasteiger partial charge in [0.2, 0.25) is 0 Å². The molecule has 2 aromatic rings. The highest BCUT2D eigenvalue weighted by Crippen LogP contribution is 2.28. The van der Waals surface area contributed by atoms with E-state index in [4.69, 9.17) is 21.1 Å². The van der Waals surface area contributed by atoms with Crippen LogP contribution in [0, 0.1) is 5.82 Å². The summed E-state index contributed by atoms with van der Waals surface area (Å²) >= 11 is 6.08. The molecule has 0 heterocycles. The molecular formula is C18H20ClFN2O5S. The first-order valence-electron chi connectivity index (χ1n) is 8.20. The van der Waals surface area contributed by atoms with Gasteiger partial charge < -0.3 is 14.8 Å². The third-order valence-electron chi connectivity index (χ3n) is 3.49. The van der Waals surface area contributed by atoms with Gasteiger partial charge in [-0.25, -0.2) is 12.8 Å². The minimum absolute atomic E-state index is 0.0275. The molecule has 0 spiro atoms. The summed E-state index contributed by atoms with van der Waals surface area (Å²) in [5, 5.41) is 2.70. The summed E-state index contributed by atoms with van der Waals surface area (Å²) in [6, 6.07) is 8.55. The minimum atomic E-state index is -3.92. The second kappa shape index (κ2) is 9.72. The zero-order valence-corrected chi connectivity index (χ0v) is 16.8. The summed E-state index contributed by atoms with van der Waals surface area (Å²) < 4.78 is 50.4. The zero-order valence-electron chi connectivity index (χ0n) is 15.2. The Morgan fingerprint density at radius 3 is 2.50 bits per heavy atom. The van der Waals surface area contributed by atoms with Crippen molar-refractivity contribution in [3.63, 3.8) is 0 Å². The molecule has 2 aromatic carbocycles. The molecule has 2 rings (SSSR count). The molecule has 152 valence electrons. The molecule has 28 heavy (non-hydrogen) atoms. The summed E-state index contributed by atoms with van der Waals surface area (Å²) in [6.07, 6.45) is 0. The van der Waals surface area contributed by atoms with Crippen LogP contribution in [0.15, 0.2) is 47.4 Å². The molecule has 1 atom stereocenters. The lowest BCUT2D eigenvalue weighted by Gasteiger charge is -2.14. The standard InChI is InChI=1S/C18H20ClFN2O5S/c1-12(10-26-2)21-18(23)11-27-17-8-7-15(9-16(17)19)28(24,25)22-14-5-3-13(20)4-6-14/h3-9,12,22H,10-11H2,1-2H3,(H,21,23)/t12-/m0/s1. The number of sulfonamides is 1. The van der Waals surface area contributed by atoms with Crippen molar-refractivity contribution in [1.29, 1.82) is 0 Å². The molecule has 0 radical (unpaired) electrons. The van der Waals surface area contributed by atoms with Crippen LogP contribution in [0.1, 0.15) is 6.92 Å². The SMILES string of the molecule is COC[C@H](C)NC(=O)COc1ccc(S(=O)(=O)Nc2ccc(F)cc2)cc1Cl. The van der Waals surface area contributed by atoms with Crippen LogP contribution in [0.25, 0.3) is 0 Å². The van der Waals surface area contributed by atoms with Crippen LogP contribution in [-0.2, 0) is 19.6 Å². The molecule has 7 nitrogen and oxygen atoms in total. The van der Waals surface area contributed by atoms with Gasteiger partial charge in [-0.3, -0.25) is 9.52 Å². The maximum Gasteiger partial charge on any atom is 0.261 e. The van der Waals surface area contributed by atoms with Gasteiger partial charge in [0.1, 0.15) is 11.6 Å². The number of hydrogen-bond acceptors (Lipinski definition) is 5. The Morgan fingerprint density at radius 1 is 1.21 bits per heavy atom. The van der Waals surface area contributed by atoms with Gasteiger partial charge in [-0.05, 0) is 49.4 Å². The minimum Gasteiger partial charge on any atom is -0.482 e. The van der Waals surface area contributed by atoms with Crippen LogP contribution in [0.4, 0.5) is 10.1 Å². The predicted octanol–water partition coefficient (Wildman–Crippen LogP) is 2.81. The second-order valence-electron chi connectivity index (χ2n) is 5.92. The highest BCUT2D eigenvalue weighted by Gasteiger charge is 2.17. The number of benzene rings is 2. The van der Waals surface area contributed by atoms with E-state index in [0.29, 0.717) is 6.61 Å². The van der Waals surface area contributed by atoms with E-state index in [-0.39, 0.29) is 39.9 Å². The van der Waals surface area contributed by atoms with E-state index in [2.05, 4.69) is 10.0 Å². The van der Waals surface area contributed by atoms with Gasteiger partial charge in [0.05, 0.1) is 16.5 Å². The number of nitrogens with one attached hydrogen (secondary N) is 2. The van der Waals surface area contributed by atoms with Crippen LogP contribution in [0.3, 0.4) is 0 Å². The van der Waals surface area contributed by atoms with Crippen molar-refractivity contribution in [1.82, 2.24) is 5.32 Å². The highest BCUT2D eigenvalue weighted by atomic mass is 35.5. The molecule has 1 amide bonds. The first-order chi connectivity index (χ1) is 13.2. The number of anilines is 1. The quantitative estimate of drug-likeness (QED) is 0.638. The lowest BCUT2D eigenvalue weighted by atomic mass is 10.3. The molecule has 0 saturated carbocycles. The molecular weight excluding hydrogens is 411 g/mol. The summed E-state index contributed by atoms with van der Waals surface area (Å²) in [4.78, 5) is 11.7. The molecule has 0 aliphatic carbocycles. The third kappa shape index (κ3) is 6.36. The van der Waals surface area contributed by atoms with E-state index < -0.39 is 15.8 Å². The van der Waals surface area contributed by atoms with Gasteiger partial charge in [0.15, 0.2) is 6.61 Å². The molecule has 0 bridgehead atoms. The van der Waals surface area contributed by atoms with Crippen LogP contribution in [0.5, 0.6) is 5.75 Å². The summed E-state index contributed by atoms with van der Waals surface area (Å²) in [5.41, 5.74) is 0.208. The van der Waals surface area contributed by atoms with Gasteiger partial charge in [0.25, 0.3) is 15.9 Å². The number of hydrogen-bond donors (Lipinski definition) is 2. The van der Waals surface area contributed by atoms with Crippen molar-refractivity contribution in [2.45, 2.75) is 17.9 Å². The van der Waals surface area contributed by atoms with Crippen molar-refractivity contribution < 1.29 is 27.1 Å². The van der Waals surface area contributed by atoms with Crippen LogP contribution < -0.4 is 14.8 Å². The predicted molar refractivity (Wildman–Crippen MR) is 104 cm³/mol. The number of ether oxygens (including phenoxy) is 2. The molecule has 0 aromatic heterocycles. The van der Waals surface area contributed by atoms with E-state index in [1.54, 1.807) is 6.92 Å². The Bertz CT molecular complexity index is 922. The van der Waals surface area contributed by atoms with E-state index >= 15 is 0 Å². The fourth-order valence-corrected chi connectivity index (χ4v) is 3.63. The fraction of sp³-hybridized carbons (Fsp3) is 0.278. The molecule has 2 N–H and O–H groups in total. The first kappa shape index (κ1) is 21.9. The number of carbonyl (C=O) groups excluding carboxylic acids is 1. The average molecular weight is 431 g/mol. The number of methoxy groups -OCH3 is 1. The normalized spacial score (nSPS) is 12.3. The van der Waals surface area contributed by atoms with E-state index in [0.717, 1.165) is 12.1 Å². The number of carbonyl (C=O) groups is 1. The molecule has 0 fully saturated rings. The van der Waals surface area contributed by atoms with Crippen molar-refractivity contribution >= 4 is 33.2 Å². The van der Waals surface area contributed by atoms with Gasteiger partial charge >= 0.3 is 0 Å². The van der Waals surface area contributed by atoms with Gasteiger partial charge in [-0.2, -0.15) is 0 Å². The van der Waals surface area contributed by atoms with E-state index in [9.17, 15) is 17.6 Å². The Kier molecular flexibility index (Phi) is 7.61. The zero-order chi connectivity index (χ0) is 20.7. The highest BCUT2D eigenvalue weighted by molar-refractivity contribution is 7.92. The van der Waals surface area contributed by atoms with E-state index in [1.807, 2.05) is 0 Å². The summed E-state index contributed by atoms with van der Waals surface area (Å²) in [6.45, 7) is 1.86. The summed E-state index contributed by atoms with van der Waals surface area (Å²) in [7, 11) is -2.40. The van der Waals surface area contributed by atoms with Gasteiger partial charge in [-0.1, -0.05) is 11.6 Å². The van der Waals surface area contributed by atoms with Gasteiger partial charge in [-0.15, -0.1) is 0 Å². The average Bonchev–Trinajstić information content (AvgIpc) is 2.62.